The number of allylic oxidation sites excluding steroid dienone is 4. The molecule has 0 amide bonds. The fraction of sp³-hybridized carbons (Fsp3) is 0.667. The highest BCUT2D eigenvalue weighted by Gasteiger charge is 2.29. The zero-order chi connectivity index (χ0) is 13.3. The van der Waals surface area contributed by atoms with Crippen molar-refractivity contribution in [2.24, 2.45) is 10.8 Å². The van der Waals surface area contributed by atoms with Gasteiger partial charge in [-0.25, -0.2) is 17.6 Å². The van der Waals surface area contributed by atoms with Gasteiger partial charge in [-0.05, 0) is 0 Å². The summed E-state index contributed by atoms with van der Waals surface area (Å²) in [6.07, 6.45) is 0. The van der Waals surface area contributed by atoms with Gasteiger partial charge in [-0.1, -0.05) is 41.5 Å². The van der Waals surface area contributed by atoms with Gasteiger partial charge in [0.1, 0.15) is 11.7 Å². The fourth-order valence-electron chi connectivity index (χ4n) is 0.851. The molecule has 0 saturated heterocycles. The highest BCUT2D eigenvalue weighted by molar-refractivity contribution is 5.28. The van der Waals surface area contributed by atoms with E-state index in [1.807, 2.05) is 0 Å². The molecule has 0 aliphatic heterocycles. The van der Waals surface area contributed by atoms with Crippen LogP contribution in [0.15, 0.2) is 23.3 Å². The SMILES string of the molecule is CC(C)(C)/C(F)=C(F)\C(F)=C(\F)C(C)(C)C. The molecule has 16 heavy (non-hydrogen) atoms. The van der Waals surface area contributed by atoms with Crippen LogP contribution in [0.5, 0.6) is 0 Å². The minimum Gasteiger partial charge on any atom is -0.208 e. The molecule has 0 rings (SSSR count). The Kier molecular flexibility index (Phi) is 4.37. The molecule has 0 bridgehead atoms. The molecule has 0 heterocycles. The molecule has 94 valence electrons. The van der Waals surface area contributed by atoms with Crippen molar-refractivity contribution in [1.82, 2.24) is 0 Å². The maximum absolute atomic E-state index is 13.4. The van der Waals surface area contributed by atoms with Crippen LogP contribution >= 0.6 is 0 Å². The van der Waals surface area contributed by atoms with E-state index in [9.17, 15) is 17.6 Å². The van der Waals surface area contributed by atoms with Gasteiger partial charge in [0, 0.05) is 10.8 Å². The normalized spacial score (nSPS) is 16.9. The molecule has 0 nitrogen and oxygen atoms in total. The van der Waals surface area contributed by atoms with Crippen molar-refractivity contribution in [1.29, 1.82) is 0 Å². The zero-order valence-electron chi connectivity index (χ0n) is 10.5. The van der Waals surface area contributed by atoms with Crippen LogP contribution in [-0.2, 0) is 0 Å². The third kappa shape index (κ3) is 3.65. The van der Waals surface area contributed by atoms with Gasteiger partial charge < -0.3 is 0 Å². The molecule has 0 aromatic carbocycles. The molecule has 0 unspecified atom stereocenters. The summed E-state index contributed by atoms with van der Waals surface area (Å²) >= 11 is 0. The smallest absolute Gasteiger partial charge is 0.193 e. The third-order valence-electron chi connectivity index (χ3n) is 1.90. The summed E-state index contributed by atoms with van der Waals surface area (Å²) in [6.45, 7) is 8.27. The Bertz CT molecular complexity index is 290. The molecule has 0 aromatic rings. The quantitative estimate of drug-likeness (QED) is 0.425. The first-order chi connectivity index (χ1) is 6.89. The van der Waals surface area contributed by atoms with E-state index >= 15 is 0 Å². The molecule has 0 N–H and O–H groups in total. The van der Waals surface area contributed by atoms with Crippen molar-refractivity contribution in [2.45, 2.75) is 41.5 Å². The minimum absolute atomic E-state index is 1.18. The third-order valence-corrected chi connectivity index (χ3v) is 1.90. The Hall–Kier alpha value is -0.800. The van der Waals surface area contributed by atoms with E-state index in [1.54, 1.807) is 0 Å². The number of rotatable bonds is 1. The number of hydrogen-bond acceptors (Lipinski definition) is 0. The second kappa shape index (κ2) is 4.60. The topological polar surface area (TPSA) is 0 Å². The lowest BCUT2D eigenvalue weighted by Crippen LogP contribution is -2.11. The molecule has 0 aromatic heterocycles. The standard InChI is InChI=1S/C12H18F4/c1-11(2,3)9(15)7(13)8(14)10(16)12(4,5)6/h1-6H3/b9-7-,10-8-. The van der Waals surface area contributed by atoms with Crippen LogP contribution in [0, 0.1) is 10.8 Å². The van der Waals surface area contributed by atoms with Crippen LogP contribution in [-0.4, -0.2) is 0 Å². The van der Waals surface area contributed by atoms with Gasteiger partial charge in [0.2, 0.25) is 0 Å². The van der Waals surface area contributed by atoms with E-state index in [4.69, 9.17) is 0 Å². The average molecular weight is 238 g/mol. The Morgan fingerprint density at radius 3 is 0.875 bits per heavy atom. The summed E-state index contributed by atoms with van der Waals surface area (Å²) in [5, 5.41) is 0. The molecule has 0 aliphatic carbocycles. The van der Waals surface area contributed by atoms with Crippen LogP contribution in [0.25, 0.3) is 0 Å². The number of halogens is 4. The lowest BCUT2D eigenvalue weighted by molar-refractivity contribution is 0.325. The molecular weight excluding hydrogens is 220 g/mol. The van der Waals surface area contributed by atoms with Crippen LogP contribution in [0.1, 0.15) is 41.5 Å². The Labute approximate surface area is 94.0 Å². The molecule has 4 heteroatoms. The van der Waals surface area contributed by atoms with Crippen molar-refractivity contribution < 1.29 is 17.6 Å². The summed E-state index contributed by atoms with van der Waals surface area (Å²) in [5.74, 6) is -6.08. The summed E-state index contributed by atoms with van der Waals surface area (Å²) in [5.41, 5.74) is -2.36. The minimum atomic E-state index is -1.75. The molecule has 0 aliphatic rings. The summed E-state index contributed by atoms with van der Waals surface area (Å²) < 4.78 is 53.3. The number of hydrogen-bond donors (Lipinski definition) is 0. The maximum atomic E-state index is 13.4. The van der Waals surface area contributed by atoms with E-state index in [2.05, 4.69) is 0 Å². The Morgan fingerprint density at radius 1 is 0.562 bits per heavy atom. The van der Waals surface area contributed by atoms with Crippen molar-refractivity contribution in [2.75, 3.05) is 0 Å². The molecule has 0 spiro atoms. The first-order valence-corrected chi connectivity index (χ1v) is 5.01. The predicted molar refractivity (Wildman–Crippen MR) is 57.4 cm³/mol. The van der Waals surface area contributed by atoms with Gasteiger partial charge >= 0.3 is 0 Å². The van der Waals surface area contributed by atoms with Gasteiger partial charge in [-0.15, -0.1) is 0 Å². The van der Waals surface area contributed by atoms with Crippen molar-refractivity contribution in [3.63, 3.8) is 0 Å². The largest absolute Gasteiger partial charge is 0.208 e. The van der Waals surface area contributed by atoms with E-state index in [1.165, 1.54) is 41.5 Å². The lowest BCUT2D eigenvalue weighted by Gasteiger charge is -2.19. The van der Waals surface area contributed by atoms with Crippen molar-refractivity contribution in [3.8, 4) is 0 Å². The molecule has 0 saturated carbocycles. The van der Waals surface area contributed by atoms with Crippen LogP contribution in [0.4, 0.5) is 17.6 Å². The van der Waals surface area contributed by atoms with E-state index in [-0.39, 0.29) is 0 Å². The van der Waals surface area contributed by atoms with Gasteiger partial charge in [0.25, 0.3) is 0 Å². The van der Waals surface area contributed by atoms with Gasteiger partial charge in [0.05, 0.1) is 0 Å². The molecule has 0 radical (unpaired) electrons. The average Bonchev–Trinajstić information content (AvgIpc) is 2.10. The van der Waals surface area contributed by atoms with Gasteiger partial charge in [-0.2, -0.15) is 0 Å². The van der Waals surface area contributed by atoms with Crippen molar-refractivity contribution >= 4 is 0 Å². The molecular formula is C12H18F4. The summed E-state index contributed by atoms with van der Waals surface area (Å²) in [7, 11) is 0. The van der Waals surface area contributed by atoms with E-state index < -0.39 is 34.1 Å². The monoisotopic (exact) mass is 238 g/mol. The second-order valence-corrected chi connectivity index (χ2v) is 5.76. The van der Waals surface area contributed by atoms with Crippen LogP contribution in [0.2, 0.25) is 0 Å². The van der Waals surface area contributed by atoms with Crippen molar-refractivity contribution in [3.05, 3.63) is 23.3 Å². The van der Waals surface area contributed by atoms with Gasteiger partial charge in [-0.3, -0.25) is 0 Å². The lowest BCUT2D eigenvalue weighted by atomic mass is 9.91. The second-order valence-electron chi connectivity index (χ2n) is 5.76. The highest BCUT2D eigenvalue weighted by atomic mass is 19.2. The van der Waals surface area contributed by atoms with E-state index in [0.717, 1.165) is 0 Å². The zero-order valence-corrected chi connectivity index (χ0v) is 10.5. The van der Waals surface area contributed by atoms with Crippen LogP contribution < -0.4 is 0 Å². The molecule has 0 atom stereocenters. The molecule has 0 fully saturated rings. The van der Waals surface area contributed by atoms with E-state index in [0.29, 0.717) is 0 Å². The van der Waals surface area contributed by atoms with Crippen LogP contribution in [0.3, 0.4) is 0 Å². The fourth-order valence-corrected chi connectivity index (χ4v) is 0.851. The first kappa shape index (κ1) is 15.2. The summed E-state index contributed by atoms with van der Waals surface area (Å²) in [4.78, 5) is 0. The summed E-state index contributed by atoms with van der Waals surface area (Å²) in [6, 6.07) is 0. The predicted octanol–water partition coefficient (Wildman–Crippen LogP) is 5.38. The maximum Gasteiger partial charge on any atom is 0.193 e. The first-order valence-electron chi connectivity index (χ1n) is 5.01. The Morgan fingerprint density at radius 2 is 0.750 bits per heavy atom. The van der Waals surface area contributed by atoms with Gasteiger partial charge in [0.15, 0.2) is 11.7 Å². The highest BCUT2D eigenvalue weighted by Crippen LogP contribution is 2.38. The Balaban J connectivity index is 5.55.